The van der Waals surface area contributed by atoms with Crippen molar-refractivity contribution in [2.45, 2.75) is 101 Å². The van der Waals surface area contributed by atoms with Crippen LogP contribution in [0.25, 0.3) is 10.1 Å². The number of aliphatic carboxylic acids is 1. The van der Waals surface area contributed by atoms with Gasteiger partial charge in [0.1, 0.15) is 54.6 Å². The summed E-state index contributed by atoms with van der Waals surface area (Å²) in [5.41, 5.74) is 2.12. The molecule has 5 unspecified atom stereocenters. The van der Waals surface area contributed by atoms with Crippen LogP contribution in [0.5, 0.6) is 11.5 Å². The lowest BCUT2D eigenvalue weighted by atomic mass is 9.84. The molecule has 9 rings (SSSR count). The van der Waals surface area contributed by atoms with E-state index in [0.717, 1.165) is 47.8 Å². The minimum atomic E-state index is -1.35. The molecule has 0 radical (unpaired) electrons. The van der Waals surface area contributed by atoms with E-state index in [1.165, 1.54) is 16.2 Å². The van der Waals surface area contributed by atoms with E-state index in [1.54, 1.807) is 59.4 Å². The lowest BCUT2D eigenvalue weighted by Crippen LogP contribution is -2.58. The van der Waals surface area contributed by atoms with Gasteiger partial charge in [0.05, 0.1) is 24.4 Å². The van der Waals surface area contributed by atoms with Crippen LogP contribution in [-0.4, -0.2) is 103 Å². The quantitative estimate of drug-likeness (QED) is 0.170. The number of para-hydroxylation sites is 1. The Kier molecular flexibility index (Phi) is 13.6. The molecule has 1 aliphatic carbocycles. The molecule has 5 N–H and O–H groups in total. The number of hydrogen-bond acceptors (Lipinski definition) is 11. The van der Waals surface area contributed by atoms with Gasteiger partial charge in [-0.25, -0.2) is 9.48 Å². The summed E-state index contributed by atoms with van der Waals surface area (Å²) in [6.45, 7) is 0.471. The Morgan fingerprint density at radius 3 is 2.46 bits per heavy atom. The molecule has 1 saturated carbocycles. The predicted octanol–water partition coefficient (Wildman–Crippen LogP) is 4.03. The second-order valence-electron chi connectivity index (χ2n) is 16.5. The van der Waals surface area contributed by atoms with Gasteiger partial charge >= 0.3 is 5.97 Å². The molecule has 3 aromatic carbocycles. The number of rotatable bonds is 5. The van der Waals surface area contributed by atoms with Crippen molar-refractivity contribution in [3.8, 4) is 11.5 Å². The van der Waals surface area contributed by atoms with Crippen LogP contribution in [-0.2, 0) is 45.2 Å². The predicted molar refractivity (Wildman–Crippen MR) is 232 cm³/mol. The summed E-state index contributed by atoms with van der Waals surface area (Å²) in [4.78, 5) is 71.5. The Bertz CT molecular complexity index is 2430. The highest BCUT2D eigenvalue weighted by atomic mass is 32.1. The normalized spacial score (nSPS) is 23.4. The number of aliphatic hydroxyl groups is 1. The van der Waals surface area contributed by atoms with Crippen LogP contribution in [0.1, 0.15) is 72.1 Å². The molecule has 4 bridgehead atoms. The molecule has 330 valence electrons. The monoisotopic (exact) mass is 877 g/mol. The standard InChI is InChI=1S/C46H51N7O9S/c54-32-23-39-44(57)47-36(22-30-27-63-41-13-7-5-10-34(30)41)43(56)49-38(46(59)60)21-29-14-16-33(17-15-29)61-19-18-52-24-31(50-51-52)26-62-40-12-6-4-11-35(40)42(55)48-37(45(58)53(39)25-32)20-28-8-2-1-3-9-28/h4-7,10-17,24,27-28,32,36-39,54H,1-3,8-9,18-23,25-26H2,(H,47,57)(H,48,55)(H,49,56)(H,59,60). The molecule has 0 spiro atoms. The summed E-state index contributed by atoms with van der Waals surface area (Å²) in [5.74, 6) is -2.77. The zero-order chi connectivity index (χ0) is 43.9. The van der Waals surface area contributed by atoms with E-state index in [1.807, 2.05) is 29.6 Å². The maximum Gasteiger partial charge on any atom is 0.326 e. The fourth-order valence-electron chi connectivity index (χ4n) is 8.74. The maximum absolute atomic E-state index is 14.7. The summed E-state index contributed by atoms with van der Waals surface area (Å²) in [6, 6.07) is 16.4. The number of aromatic nitrogens is 3. The van der Waals surface area contributed by atoms with Crippen LogP contribution >= 0.6 is 11.3 Å². The lowest BCUT2D eigenvalue weighted by molar-refractivity contribution is -0.143. The van der Waals surface area contributed by atoms with E-state index < -0.39 is 59.9 Å². The van der Waals surface area contributed by atoms with Crippen molar-refractivity contribution < 1.29 is 43.7 Å². The van der Waals surface area contributed by atoms with Crippen molar-refractivity contribution in [1.29, 1.82) is 0 Å². The third-order valence-electron chi connectivity index (χ3n) is 12.0. The van der Waals surface area contributed by atoms with Gasteiger partial charge in [-0.1, -0.05) is 79.8 Å². The van der Waals surface area contributed by atoms with Gasteiger partial charge in [-0.05, 0) is 64.6 Å². The third kappa shape index (κ3) is 10.7. The summed E-state index contributed by atoms with van der Waals surface area (Å²) >= 11 is 1.48. The second-order valence-corrected chi connectivity index (χ2v) is 17.4. The molecule has 3 aliphatic heterocycles. The summed E-state index contributed by atoms with van der Waals surface area (Å²) < 4.78 is 14.6. The summed E-state index contributed by atoms with van der Waals surface area (Å²) in [5, 5.41) is 41.0. The molecule has 4 amide bonds. The third-order valence-corrected chi connectivity index (χ3v) is 13.1. The Morgan fingerprint density at radius 2 is 1.65 bits per heavy atom. The topological polar surface area (TPSA) is 214 Å². The number of hydrogen-bond donors (Lipinski definition) is 5. The van der Waals surface area contributed by atoms with Gasteiger partial charge in [0.25, 0.3) is 5.91 Å². The first-order valence-electron chi connectivity index (χ1n) is 21.5. The van der Waals surface area contributed by atoms with E-state index in [9.17, 15) is 34.2 Å². The van der Waals surface area contributed by atoms with Crippen LogP contribution in [0.15, 0.2) is 84.4 Å². The number of aliphatic hydroxyl groups excluding tert-OH is 1. The molecule has 5 aromatic rings. The van der Waals surface area contributed by atoms with Gasteiger partial charge in [-0.15, -0.1) is 16.4 Å². The molecular weight excluding hydrogens is 827 g/mol. The number of carboxylic acid groups (broad SMARTS) is 1. The Balaban J connectivity index is 1.11. The Morgan fingerprint density at radius 1 is 0.873 bits per heavy atom. The number of carbonyl (C=O) groups excluding carboxylic acids is 4. The number of carbonyl (C=O) groups is 5. The van der Waals surface area contributed by atoms with Crippen molar-refractivity contribution in [3.05, 3.63) is 107 Å². The van der Waals surface area contributed by atoms with Gasteiger partial charge in [0.15, 0.2) is 0 Å². The number of carboxylic acids is 1. The van der Waals surface area contributed by atoms with Crippen molar-refractivity contribution in [1.82, 2.24) is 35.8 Å². The Hall–Kier alpha value is -6.33. The number of nitrogens with zero attached hydrogens (tertiary/aromatic N) is 4. The van der Waals surface area contributed by atoms with Crippen molar-refractivity contribution in [2.24, 2.45) is 5.92 Å². The van der Waals surface area contributed by atoms with Gasteiger partial charge in [-0.2, -0.15) is 0 Å². The highest BCUT2D eigenvalue weighted by Gasteiger charge is 2.43. The van der Waals surface area contributed by atoms with E-state index in [2.05, 4.69) is 26.3 Å². The maximum atomic E-state index is 14.7. The molecular formula is C46H51N7O9S. The van der Waals surface area contributed by atoms with Crippen LogP contribution in [0, 0.1) is 5.92 Å². The molecule has 5 heterocycles. The van der Waals surface area contributed by atoms with E-state index in [-0.39, 0.29) is 56.3 Å². The molecule has 5 atom stereocenters. The summed E-state index contributed by atoms with van der Waals surface area (Å²) in [6.07, 6.45) is 5.72. The van der Waals surface area contributed by atoms with Crippen molar-refractivity contribution in [2.75, 3.05) is 13.2 Å². The van der Waals surface area contributed by atoms with Crippen LogP contribution in [0.3, 0.4) is 0 Å². The molecule has 2 aromatic heterocycles. The first kappa shape index (κ1) is 43.3. The molecule has 1 saturated heterocycles. The first-order chi connectivity index (χ1) is 30.6. The van der Waals surface area contributed by atoms with Crippen LogP contribution in [0.2, 0.25) is 0 Å². The van der Waals surface area contributed by atoms with Crippen molar-refractivity contribution in [3.63, 3.8) is 0 Å². The first-order valence-corrected chi connectivity index (χ1v) is 22.4. The number of ether oxygens (including phenoxy) is 2. The molecule has 2 fully saturated rings. The molecule has 63 heavy (non-hydrogen) atoms. The largest absolute Gasteiger partial charge is 0.492 e. The fourth-order valence-corrected chi connectivity index (χ4v) is 9.72. The van der Waals surface area contributed by atoms with Gasteiger partial charge < -0.3 is 40.5 Å². The van der Waals surface area contributed by atoms with Crippen molar-refractivity contribution >= 4 is 51.0 Å². The van der Waals surface area contributed by atoms with Gasteiger partial charge in [0.2, 0.25) is 17.7 Å². The molecule has 4 aliphatic rings. The number of thiophene rings is 1. The van der Waals surface area contributed by atoms with Crippen LogP contribution in [0.4, 0.5) is 0 Å². The number of benzene rings is 3. The SMILES string of the molecule is O=C1NC(CC2CCCCC2)C(=O)N2CC(O)CC2C(=O)NC(Cc2csc3ccccc23)C(=O)NC(C(=O)O)Cc2ccc(cc2)OCCn2cc(nn2)COc2ccccc21. The van der Waals surface area contributed by atoms with Gasteiger partial charge in [-0.3, -0.25) is 19.2 Å². The molecule has 16 nitrogen and oxygen atoms in total. The highest BCUT2D eigenvalue weighted by molar-refractivity contribution is 7.17. The Labute approximate surface area is 367 Å². The smallest absolute Gasteiger partial charge is 0.326 e. The van der Waals surface area contributed by atoms with Gasteiger partial charge in [0, 0.05) is 30.5 Å². The average molecular weight is 878 g/mol. The highest BCUT2D eigenvalue weighted by Crippen LogP contribution is 2.31. The molecule has 17 heteroatoms. The second kappa shape index (κ2) is 19.8. The zero-order valence-electron chi connectivity index (χ0n) is 34.7. The van der Waals surface area contributed by atoms with E-state index in [0.29, 0.717) is 30.0 Å². The van der Waals surface area contributed by atoms with E-state index in [4.69, 9.17) is 9.47 Å². The minimum Gasteiger partial charge on any atom is -0.492 e. The van der Waals surface area contributed by atoms with E-state index >= 15 is 0 Å². The fraction of sp³-hybridized carbons (Fsp3) is 0.413. The number of nitrogens with one attached hydrogen (secondary N) is 3. The minimum absolute atomic E-state index is 0.0117. The van der Waals surface area contributed by atoms with Crippen LogP contribution < -0.4 is 25.4 Å². The summed E-state index contributed by atoms with van der Waals surface area (Å²) in [7, 11) is 0. The number of fused-ring (bicyclic) bond motifs is 15. The lowest BCUT2D eigenvalue weighted by Gasteiger charge is -2.32. The average Bonchev–Trinajstić information content (AvgIpc) is 4.04. The zero-order valence-corrected chi connectivity index (χ0v) is 35.5. The number of amides is 4.